The summed E-state index contributed by atoms with van der Waals surface area (Å²) in [7, 11) is 0. The van der Waals surface area contributed by atoms with Gasteiger partial charge in [0.1, 0.15) is 0 Å². The van der Waals surface area contributed by atoms with Crippen LogP contribution >= 0.6 is 0 Å². The molecule has 0 radical (unpaired) electrons. The Labute approximate surface area is 117 Å². The molecule has 1 saturated heterocycles. The van der Waals surface area contributed by atoms with Crippen LogP contribution in [0.3, 0.4) is 0 Å². The minimum absolute atomic E-state index is 0.154. The van der Waals surface area contributed by atoms with Crippen LogP contribution in [0, 0.1) is 11.3 Å². The highest BCUT2D eigenvalue weighted by Crippen LogP contribution is 2.53. The predicted octanol–water partition coefficient (Wildman–Crippen LogP) is 2.89. The Bertz CT molecular complexity index is 302. The van der Waals surface area contributed by atoms with Crippen LogP contribution in [0.25, 0.3) is 0 Å². The van der Waals surface area contributed by atoms with Crippen LogP contribution < -0.4 is 0 Å². The quantitative estimate of drug-likeness (QED) is 0.829. The van der Waals surface area contributed by atoms with Gasteiger partial charge in [-0.2, -0.15) is 0 Å². The zero-order valence-corrected chi connectivity index (χ0v) is 12.7. The van der Waals surface area contributed by atoms with E-state index in [0.29, 0.717) is 18.8 Å². The summed E-state index contributed by atoms with van der Waals surface area (Å²) in [5, 5.41) is 20.2. The van der Waals surface area contributed by atoms with E-state index in [9.17, 15) is 5.11 Å². The first kappa shape index (κ1) is 15.3. The predicted molar refractivity (Wildman–Crippen MR) is 76.0 cm³/mol. The first-order chi connectivity index (χ1) is 8.83. The molecular weight excluding hydrogens is 240 g/mol. The van der Waals surface area contributed by atoms with Crippen molar-refractivity contribution in [3.8, 4) is 0 Å². The first-order valence-electron chi connectivity index (χ1n) is 7.80. The lowest BCUT2D eigenvalue weighted by Gasteiger charge is -2.53. The Hall–Kier alpha value is -0.120. The molecule has 0 aromatic carbocycles. The third-order valence-electron chi connectivity index (χ3n) is 5.41. The smallest absolute Gasteiger partial charge is 0.0971 e. The Balaban J connectivity index is 2.18. The second-order valence-corrected chi connectivity index (χ2v) is 7.61. The number of ether oxygens (including phenoxy) is 1. The molecule has 3 nitrogen and oxygen atoms in total. The highest BCUT2D eigenvalue weighted by molar-refractivity contribution is 5.08. The van der Waals surface area contributed by atoms with Crippen molar-refractivity contribution in [3.05, 3.63) is 0 Å². The Morgan fingerprint density at radius 3 is 2.53 bits per heavy atom. The van der Waals surface area contributed by atoms with Crippen molar-refractivity contribution in [2.24, 2.45) is 11.3 Å². The molecule has 2 rings (SSSR count). The molecule has 0 aromatic heterocycles. The summed E-state index contributed by atoms with van der Waals surface area (Å²) in [6, 6.07) is 0. The van der Waals surface area contributed by atoms with E-state index in [0.717, 1.165) is 38.7 Å². The highest BCUT2D eigenvalue weighted by Gasteiger charge is 2.57. The average molecular weight is 270 g/mol. The van der Waals surface area contributed by atoms with E-state index in [2.05, 4.69) is 20.8 Å². The van der Waals surface area contributed by atoms with Gasteiger partial charge in [-0.15, -0.1) is 0 Å². The molecule has 0 aromatic rings. The van der Waals surface area contributed by atoms with E-state index in [1.54, 1.807) is 0 Å². The zero-order chi connectivity index (χ0) is 14.1. The summed E-state index contributed by atoms with van der Waals surface area (Å²) in [4.78, 5) is 0. The molecule has 0 unspecified atom stereocenters. The Morgan fingerprint density at radius 2 is 2.00 bits per heavy atom. The fraction of sp³-hybridized carbons (Fsp3) is 1.00. The largest absolute Gasteiger partial charge is 0.396 e. The SMILES string of the molecule is CC(C)(C)[C@@H]1CC[C@](O)(CCCO)[C@@]2(CCCO2)C1. The molecule has 112 valence electrons. The van der Waals surface area contributed by atoms with E-state index in [1.807, 2.05) is 0 Å². The standard InChI is InChI=1S/C16H30O3/c1-14(2,3)13-6-9-15(18,7-4-10-17)16(12-13)8-5-11-19-16/h13,17-18H,4-12H2,1-3H3/t13-,15-,16-/m1/s1. The highest BCUT2D eigenvalue weighted by atomic mass is 16.5. The fourth-order valence-electron chi connectivity index (χ4n) is 4.02. The molecule has 0 bridgehead atoms. The summed E-state index contributed by atoms with van der Waals surface area (Å²) < 4.78 is 6.09. The van der Waals surface area contributed by atoms with E-state index in [1.165, 1.54) is 0 Å². The van der Waals surface area contributed by atoms with Gasteiger partial charge in [0.2, 0.25) is 0 Å². The van der Waals surface area contributed by atoms with Crippen molar-refractivity contribution in [2.45, 2.75) is 76.9 Å². The van der Waals surface area contributed by atoms with Crippen LogP contribution in [-0.4, -0.2) is 34.6 Å². The lowest BCUT2D eigenvalue weighted by molar-refractivity contribution is -0.203. The third-order valence-corrected chi connectivity index (χ3v) is 5.41. The van der Waals surface area contributed by atoms with Gasteiger partial charge < -0.3 is 14.9 Å². The average Bonchev–Trinajstić information content (AvgIpc) is 2.79. The summed E-state index contributed by atoms with van der Waals surface area (Å²) in [6.07, 6.45) is 6.21. The number of rotatable bonds is 3. The monoisotopic (exact) mass is 270 g/mol. The van der Waals surface area contributed by atoms with Crippen molar-refractivity contribution >= 4 is 0 Å². The molecule has 2 fully saturated rings. The Kier molecular flexibility index (Phi) is 4.29. The van der Waals surface area contributed by atoms with Gasteiger partial charge in [-0.05, 0) is 56.3 Å². The summed E-state index contributed by atoms with van der Waals surface area (Å²) in [5.41, 5.74) is -0.802. The molecule has 3 heteroatoms. The van der Waals surface area contributed by atoms with Crippen LogP contribution in [-0.2, 0) is 4.74 Å². The molecule has 2 N–H and O–H groups in total. The first-order valence-corrected chi connectivity index (χ1v) is 7.80. The van der Waals surface area contributed by atoms with Gasteiger partial charge >= 0.3 is 0 Å². The van der Waals surface area contributed by atoms with Gasteiger partial charge in [-0.3, -0.25) is 0 Å². The van der Waals surface area contributed by atoms with Crippen LogP contribution in [0.5, 0.6) is 0 Å². The zero-order valence-electron chi connectivity index (χ0n) is 12.7. The van der Waals surface area contributed by atoms with Crippen molar-refractivity contribution in [2.75, 3.05) is 13.2 Å². The molecule has 1 aliphatic carbocycles. The van der Waals surface area contributed by atoms with Gasteiger partial charge in [0, 0.05) is 13.2 Å². The maximum absolute atomic E-state index is 11.1. The second kappa shape index (κ2) is 5.34. The lowest BCUT2D eigenvalue weighted by Crippen LogP contribution is -2.58. The van der Waals surface area contributed by atoms with Crippen molar-refractivity contribution in [3.63, 3.8) is 0 Å². The molecule has 0 amide bonds. The maximum atomic E-state index is 11.1. The van der Waals surface area contributed by atoms with Gasteiger partial charge in [0.25, 0.3) is 0 Å². The third kappa shape index (κ3) is 2.84. The Morgan fingerprint density at radius 1 is 1.26 bits per heavy atom. The lowest BCUT2D eigenvalue weighted by atomic mass is 9.59. The normalized spacial score (nSPS) is 39.9. The number of hydrogen-bond donors (Lipinski definition) is 2. The molecule has 1 aliphatic heterocycles. The number of hydrogen-bond acceptors (Lipinski definition) is 3. The molecular formula is C16H30O3. The second-order valence-electron chi connectivity index (χ2n) is 7.61. The van der Waals surface area contributed by atoms with Crippen molar-refractivity contribution in [1.82, 2.24) is 0 Å². The van der Waals surface area contributed by atoms with E-state index in [4.69, 9.17) is 9.84 Å². The van der Waals surface area contributed by atoms with Gasteiger partial charge in [-0.1, -0.05) is 20.8 Å². The topological polar surface area (TPSA) is 49.7 Å². The van der Waals surface area contributed by atoms with Crippen molar-refractivity contribution < 1.29 is 14.9 Å². The molecule has 1 saturated carbocycles. The molecule has 2 aliphatic rings. The number of aliphatic hydroxyl groups is 2. The summed E-state index contributed by atoms with van der Waals surface area (Å²) >= 11 is 0. The van der Waals surface area contributed by atoms with Crippen LogP contribution in [0.2, 0.25) is 0 Å². The van der Waals surface area contributed by atoms with Crippen molar-refractivity contribution in [1.29, 1.82) is 0 Å². The van der Waals surface area contributed by atoms with E-state index in [-0.39, 0.29) is 17.6 Å². The van der Waals surface area contributed by atoms with Gasteiger partial charge in [0.15, 0.2) is 0 Å². The number of aliphatic hydroxyl groups excluding tert-OH is 1. The molecule has 3 atom stereocenters. The summed E-state index contributed by atoms with van der Waals surface area (Å²) in [6.45, 7) is 7.80. The van der Waals surface area contributed by atoms with Crippen LogP contribution in [0.1, 0.15) is 65.7 Å². The van der Waals surface area contributed by atoms with Gasteiger partial charge in [0.05, 0.1) is 11.2 Å². The minimum Gasteiger partial charge on any atom is -0.396 e. The van der Waals surface area contributed by atoms with Crippen LogP contribution in [0.15, 0.2) is 0 Å². The maximum Gasteiger partial charge on any atom is 0.0971 e. The molecule has 1 heterocycles. The van der Waals surface area contributed by atoms with E-state index < -0.39 is 5.60 Å². The van der Waals surface area contributed by atoms with Crippen LogP contribution in [0.4, 0.5) is 0 Å². The summed E-state index contributed by atoms with van der Waals surface area (Å²) in [5.74, 6) is 0.611. The fourth-order valence-corrected chi connectivity index (χ4v) is 4.02. The molecule has 1 spiro atoms. The van der Waals surface area contributed by atoms with E-state index >= 15 is 0 Å². The van der Waals surface area contributed by atoms with Gasteiger partial charge in [-0.25, -0.2) is 0 Å². The molecule has 19 heavy (non-hydrogen) atoms. The minimum atomic E-state index is -0.728.